The number of aryl methyl sites for hydroxylation is 1. The number of ether oxygens (including phenoxy) is 2. The fraction of sp³-hybridized carbons (Fsp3) is 0.250. The summed E-state index contributed by atoms with van der Waals surface area (Å²) >= 11 is 0. The lowest BCUT2D eigenvalue weighted by Crippen LogP contribution is -2.43. The van der Waals surface area contributed by atoms with E-state index in [-0.39, 0.29) is 18.6 Å². The summed E-state index contributed by atoms with van der Waals surface area (Å²) < 4.78 is 11.1. The summed E-state index contributed by atoms with van der Waals surface area (Å²) in [6.45, 7) is 3.17. The number of carbonyl (C=O) groups is 1. The number of benzene rings is 2. The van der Waals surface area contributed by atoms with Crippen LogP contribution in [0.15, 0.2) is 67.0 Å². The van der Waals surface area contributed by atoms with Crippen molar-refractivity contribution in [3.8, 4) is 16.9 Å². The molecular weight excluding hydrogens is 364 g/mol. The Balaban J connectivity index is 1.66. The van der Waals surface area contributed by atoms with Crippen molar-refractivity contribution in [2.75, 3.05) is 20.3 Å². The lowest BCUT2D eigenvalue weighted by atomic mass is 10.00. The van der Waals surface area contributed by atoms with Gasteiger partial charge in [-0.1, -0.05) is 48.0 Å². The summed E-state index contributed by atoms with van der Waals surface area (Å²) in [5.74, 6) is 0.781. The van der Waals surface area contributed by atoms with Gasteiger partial charge in [-0.15, -0.1) is 0 Å². The second kappa shape index (κ2) is 8.45. The molecule has 1 atom stereocenters. The molecule has 0 spiro atoms. The van der Waals surface area contributed by atoms with E-state index in [4.69, 9.17) is 9.47 Å². The first-order valence-electron chi connectivity index (χ1n) is 9.67. The number of carbonyl (C=O) groups excluding carboxylic acids is 1. The molecule has 1 unspecified atom stereocenters. The molecule has 0 radical (unpaired) electrons. The van der Waals surface area contributed by atoms with Gasteiger partial charge in [0.05, 0.1) is 19.8 Å². The molecule has 5 heteroatoms. The molecule has 1 aromatic heterocycles. The van der Waals surface area contributed by atoms with Crippen LogP contribution in [0.25, 0.3) is 11.1 Å². The predicted molar refractivity (Wildman–Crippen MR) is 112 cm³/mol. The van der Waals surface area contributed by atoms with E-state index >= 15 is 0 Å². The number of pyridine rings is 1. The third-order valence-electron chi connectivity index (χ3n) is 5.23. The minimum absolute atomic E-state index is 0.00970. The molecule has 0 bridgehead atoms. The van der Waals surface area contributed by atoms with Gasteiger partial charge in [0.25, 0.3) is 0 Å². The Kier molecular flexibility index (Phi) is 5.58. The lowest BCUT2D eigenvalue weighted by Gasteiger charge is -2.36. The van der Waals surface area contributed by atoms with Crippen LogP contribution < -0.4 is 4.74 Å². The Hall–Kier alpha value is -3.18. The molecule has 1 fully saturated rings. The third-order valence-corrected chi connectivity index (χ3v) is 5.23. The molecule has 2 heterocycles. The van der Waals surface area contributed by atoms with Crippen LogP contribution in [0.3, 0.4) is 0 Å². The average molecular weight is 388 g/mol. The summed E-state index contributed by atoms with van der Waals surface area (Å²) in [6, 6.07) is 18.0. The first kappa shape index (κ1) is 19.2. The highest BCUT2D eigenvalue weighted by atomic mass is 16.5. The Morgan fingerprint density at radius 1 is 1.14 bits per heavy atom. The summed E-state index contributed by atoms with van der Waals surface area (Å²) in [5.41, 5.74) is 5.18. The van der Waals surface area contributed by atoms with Crippen LogP contribution >= 0.6 is 0 Å². The monoisotopic (exact) mass is 388 g/mol. The van der Waals surface area contributed by atoms with Crippen LogP contribution in [0.4, 0.5) is 0 Å². The van der Waals surface area contributed by atoms with Gasteiger partial charge < -0.3 is 14.4 Å². The molecule has 1 saturated heterocycles. The van der Waals surface area contributed by atoms with Crippen molar-refractivity contribution >= 4 is 5.91 Å². The topological polar surface area (TPSA) is 51.7 Å². The SMILES string of the molecule is COc1ccccc1-c1cncc(C2COCC(=O)N2Cc2ccc(C)cc2)c1. The summed E-state index contributed by atoms with van der Waals surface area (Å²) in [4.78, 5) is 19.0. The number of hydrogen-bond acceptors (Lipinski definition) is 4. The number of methoxy groups -OCH3 is 1. The van der Waals surface area contributed by atoms with Crippen molar-refractivity contribution in [3.05, 3.63) is 83.7 Å². The predicted octanol–water partition coefficient (Wildman–Crippen LogP) is 4.17. The Labute approximate surface area is 170 Å². The normalized spacial score (nSPS) is 16.7. The first-order valence-corrected chi connectivity index (χ1v) is 9.67. The maximum absolute atomic E-state index is 12.7. The quantitative estimate of drug-likeness (QED) is 0.658. The minimum Gasteiger partial charge on any atom is -0.496 e. The minimum atomic E-state index is -0.181. The van der Waals surface area contributed by atoms with Crippen molar-refractivity contribution in [2.24, 2.45) is 0 Å². The fourth-order valence-corrected chi connectivity index (χ4v) is 3.64. The second-order valence-electron chi connectivity index (χ2n) is 7.25. The molecule has 4 rings (SSSR count). The number of para-hydroxylation sites is 1. The van der Waals surface area contributed by atoms with Gasteiger partial charge in [-0.2, -0.15) is 0 Å². The largest absolute Gasteiger partial charge is 0.496 e. The molecule has 29 heavy (non-hydrogen) atoms. The summed E-state index contributed by atoms with van der Waals surface area (Å²) in [6.07, 6.45) is 3.63. The van der Waals surface area contributed by atoms with E-state index in [9.17, 15) is 4.79 Å². The molecule has 1 aliphatic heterocycles. The molecule has 1 aliphatic rings. The van der Waals surface area contributed by atoms with Crippen LogP contribution in [-0.4, -0.2) is 36.1 Å². The van der Waals surface area contributed by atoms with Gasteiger partial charge in [-0.25, -0.2) is 0 Å². The van der Waals surface area contributed by atoms with Crippen LogP contribution in [0.2, 0.25) is 0 Å². The van der Waals surface area contributed by atoms with Gasteiger partial charge in [0.15, 0.2) is 0 Å². The van der Waals surface area contributed by atoms with E-state index in [2.05, 4.69) is 42.2 Å². The van der Waals surface area contributed by atoms with Gasteiger partial charge in [0, 0.05) is 30.1 Å². The molecule has 5 nitrogen and oxygen atoms in total. The average Bonchev–Trinajstić information content (AvgIpc) is 2.76. The second-order valence-corrected chi connectivity index (χ2v) is 7.25. The first-order chi connectivity index (χ1) is 14.2. The number of morpholine rings is 1. The molecule has 3 aromatic rings. The number of nitrogens with zero attached hydrogens (tertiary/aromatic N) is 2. The Morgan fingerprint density at radius 3 is 2.72 bits per heavy atom. The number of aromatic nitrogens is 1. The van der Waals surface area contributed by atoms with Crippen LogP contribution in [-0.2, 0) is 16.1 Å². The lowest BCUT2D eigenvalue weighted by molar-refractivity contribution is -0.149. The van der Waals surface area contributed by atoms with Gasteiger partial charge in [-0.05, 0) is 30.2 Å². The van der Waals surface area contributed by atoms with E-state index in [1.54, 1.807) is 7.11 Å². The summed E-state index contributed by atoms with van der Waals surface area (Å²) in [7, 11) is 1.66. The van der Waals surface area contributed by atoms with E-state index < -0.39 is 0 Å². The summed E-state index contributed by atoms with van der Waals surface area (Å²) in [5, 5.41) is 0. The van der Waals surface area contributed by atoms with Crippen molar-refractivity contribution in [3.63, 3.8) is 0 Å². The molecule has 0 N–H and O–H groups in total. The van der Waals surface area contributed by atoms with E-state index in [1.165, 1.54) is 5.56 Å². The maximum Gasteiger partial charge on any atom is 0.249 e. The third kappa shape index (κ3) is 4.15. The van der Waals surface area contributed by atoms with E-state index in [0.29, 0.717) is 13.2 Å². The van der Waals surface area contributed by atoms with Crippen molar-refractivity contribution in [1.29, 1.82) is 0 Å². The number of rotatable bonds is 5. The van der Waals surface area contributed by atoms with Crippen molar-refractivity contribution < 1.29 is 14.3 Å². The molecule has 1 amide bonds. The smallest absolute Gasteiger partial charge is 0.249 e. The van der Waals surface area contributed by atoms with Crippen LogP contribution in [0, 0.1) is 6.92 Å². The maximum atomic E-state index is 12.7. The zero-order valence-electron chi connectivity index (χ0n) is 16.7. The highest BCUT2D eigenvalue weighted by Gasteiger charge is 2.30. The molecular formula is C24H24N2O3. The molecule has 0 saturated carbocycles. The Bertz CT molecular complexity index is 1000. The molecule has 148 valence electrons. The van der Waals surface area contributed by atoms with Crippen molar-refractivity contribution in [1.82, 2.24) is 9.88 Å². The van der Waals surface area contributed by atoms with Crippen LogP contribution in [0.1, 0.15) is 22.7 Å². The van der Waals surface area contributed by atoms with Gasteiger partial charge >= 0.3 is 0 Å². The zero-order chi connectivity index (χ0) is 20.2. The van der Waals surface area contributed by atoms with Gasteiger partial charge in [-0.3, -0.25) is 9.78 Å². The Morgan fingerprint density at radius 2 is 1.93 bits per heavy atom. The van der Waals surface area contributed by atoms with Crippen LogP contribution in [0.5, 0.6) is 5.75 Å². The highest BCUT2D eigenvalue weighted by molar-refractivity contribution is 5.79. The fourth-order valence-electron chi connectivity index (χ4n) is 3.64. The van der Waals surface area contributed by atoms with E-state index in [1.807, 2.05) is 41.6 Å². The zero-order valence-corrected chi connectivity index (χ0v) is 16.7. The number of hydrogen-bond donors (Lipinski definition) is 0. The van der Waals surface area contributed by atoms with E-state index in [0.717, 1.165) is 28.0 Å². The van der Waals surface area contributed by atoms with Crippen molar-refractivity contribution in [2.45, 2.75) is 19.5 Å². The van der Waals surface area contributed by atoms with Gasteiger partial charge in [0.2, 0.25) is 5.91 Å². The highest BCUT2D eigenvalue weighted by Crippen LogP contribution is 2.33. The number of amides is 1. The van der Waals surface area contributed by atoms with Gasteiger partial charge in [0.1, 0.15) is 12.4 Å². The molecule has 2 aromatic carbocycles. The molecule has 0 aliphatic carbocycles. The standard InChI is InChI=1S/C24H24N2O3/c1-17-7-9-18(10-8-17)14-26-22(15-29-16-24(26)27)20-11-19(12-25-13-20)21-5-3-4-6-23(21)28-2/h3-13,22H,14-16H2,1-2H3.